The second kappa shape index (κ2) is 9.71. The van der Waals surface area contributed by atoms with Crippen LogP contribution in [0.5, 0.6) is 0 Å². The summed E-state index contributed by atoms with van der Waals surface area (Å²) in [5.41, 5.74) is 1.11. The van der Waals surface area contributed by atoms with Crippen LogP contribution in [0.15, 0.2) is 18.3 Å². The third kappa shape index (κ3) is 6.71. The topological polar surface area (TPSA) is 92.4 Å². The van der Waals surface area contributed by atoms with Crippen molar-refractivity contribution in [3.8, 4) is 0 Å². The lowest BCUT2D eigenvalue weighted by molar-refractivity contribution is -0.120. The molecule has 0 radical (unpaired) electrons. The highest BCUT2D eigenvalue weighted by Gasteiger charge is 2.09. The van der Waals surface area contributed by atoms with Crippen LogP contribution in [0.4, 0.5) is 5.69 Å². The fourth-order valence-electron chi connectivity index (χ4n) is 1.54. The van der Waals surface area contributed by atoms with Crippen molar-refractivity contribution < 1.29 is 14.3 Å². The molecule has 0 aromatic carbocycles. The average molecular weight is 294 g/mol. The molecule has 7 nitrogen and oxygen atoms in total. The summed E-state index contributed by atoms with van der Waals surface area (Å²) in [6.45, 7) is 3.65. The lowest BCUT2D eigenvalue weighted by Crippen LogP contribution is -2.38. The van der Waals surface area contributed by atoms with Crippen LogP contribution in [0.2, 0.25) is 0 Å². The normalized spacial score (nSPS) is 10.0. The summed E-state index contributed by atoms with van der Waals surface area (Å²) < 4.78 is 4.81. The number of ether oxygens (including phenoxy) is 1. The van der Waals surface area contributed by atoms with E-state index in [1.807, 2.05) is 0 Å². The molecule has 0 saturated heterocycles. The number of carbonyl (C=O) groups excluding carboxylic acids is 2. The number of pyridine rings is 1. The lowest BCUT2D eigenvalue weighted by atomic mass is 10.3. The molecule has 0 aliphatic rings. The number of carbonyl (C=O) groups is 2. The molecule has 116 valence electrons. The first-order valence-corrected chi connectivity index (χ1v) is 6.91. The van der Waals surface area contributed by atoms with Gasteiger partial charge >= 0.3 is 0 Å². The van der Waals surface area contributed by atoms with Gasteiger partial charge in [-0.15, -0.1) is 0 Å². The first kappa shape index (κ1) is 16.9. The van der Waals surface area contributed by atoms with E-state index >= 15 is 0 Å². The fourth-order valence-corrected chi connectivity index (χ4v) is 1.54. The molecule has 1 rings (SSSR count). The minimum atomic E-state index is -0.378. The minimum absolute atomic E-state index is 0.0865. The van der Waals surface area contributed by atoms with E-state index in [-0.39, 0.29) is 24.1 Å². The van der Waals surface area contributed by atoms with Gasteiger partial charge in [0.1, 0.15) is 5.69 Å². The Morgan fingerprint density at radius 3 is 2.81 bits per heavy atom. The first-order valence-electron chi connectivity index (χ1n) is 6.91. The Morgan fingerprint density at radius 1 is 1.29 bits per heavy atom. The van der Waals surface area contributed by atoms with Crippen LogP contribution in [0.3, 0.4) is 0 Å². The van der Waals surface area contributed by atoms with Crippen LogP contribution in [0.25, 0.3) is 0 Å². The van der Waals surface area contributed by atoms with E-state index in [4.69, 9.17) is 4.74 Å². The molecule has 0 atom stereocenters. The van der Waals surface area contributed by atoms with Gasteiger partial charge in [0.15, 0.2) is 0 Å². The maximum absolute atomic E-state index is 11.9. The molecule has 7 heteroatoms. The second-order valence-corrected chi connectivity index (χ2v) is 4.38. The highest BCUT2D eigenvalue weighted by atomic mass is 16.5. The van der Waals surface area contributed by atoms with Gasteiger partial charge in [-0.1, -0.05) is 6.92 Å². The van der Waals surface area contributed by atoms with Crippen molar-refractivity contribution in [2.45, 2.75) is 13.3 Å². The van der Waals surface area contributed by atoms with Crippen LogP contribution in [-0.2, 0) is 9.53 Å². The summed E-state index contributed by atoms with van der Waals surface area (Å²) in [6.07, 6.45) is 2.55. The highest BCUT2D eigenvalue weighted by molar-refractivity contribution is 5.95. The molecule has 0 aliphatic heterocycles. The Hall–Kier alpha value is -2.15. The average Bonchev–Trinajstić information content (AvgIpc) is 2.51. The van der Waals surface area contributed by atoms with Gasteiger partial charge < -0.3 is 20.7 Å². The van der Waals surface area contributed by atoms with Crippen molar-refractivity contribution in [1.29, 1.82) is 0 Å². The molecule has 1 aromatic heterocycles. The van der Waals surface area contributed by atoms with Crippen LogP contribution in [0.1, 0.15) is 23.8 Å². The van der Waals surface area contributed by atoms with Crippen molar-refractivity contribution >= 4 is 17.5 Å². The second-order valence-electron chi connectivity index (χ2n) is 4.38. The van der Waals surface area contributed by atoms with Crippen molar-refractivity contribution in [1.82, 2.24) is 15.6 Å². The number of anilines is 1. The van der Waals surface area contributed by atoms with Gasteiger partial charge in [-0.25, -0.2) is 0 Å². The van der Waals surface area contributed by atoms with Crippen molar-refractivity contribution in [2.75, 3.05) is 38.7 Å². The van der Waals surface area contributed by atoms with E-state index < -0.39 is 0 Å². The molecule has 3 N–H and O–H groups in total. The Bertz CT molecular complexity index is 465. The monoisotopic (exact) mass is 294 g/mol. The Balaban J connectivity index is 2.42. The van der Waals surface area contributed by atoms with Crippen LogP contribution in [0, 0.1) is 0 Å². The molecule has 0 spiro atoms. The van der Waals surface area contributed by atoms with Gasteiger partial charge in [-0.3, -0.25) is 14.6 Å². The van der Waals surface area contributed by atoms with Crippen LogP contribution >= 0.6 is 0 Å². The highest BCUT2D eigenvalue weighted by Crippen LogP contribution is 2.07. The largest absolute Gasteiger partial charge is 0.385 e. The van der Waals surface area contributed by atoms with E-state index in [0.29, 0.717) is 13.2 Å². The van der Waals surface area contributed by atoms with Crippen molar-refractivity contribution in [3.05, 3.63) is 24.0 Å². The minimum Gasteiger partial charge on any atom is -0.385 e. The summed E-state index contributed by atoms with van der Waals surface area (Å²) >= 11 is 0. The number of hydrogen-bond acceptors (Lipinski definition) is 5. The van der Waals surface area contributed by atoms with E-state index in [1.165, 1.54) is 0 Å². The van der Waals surface area contributed by atoms with E-state index in [2.05, 4.69) is 27.9 Å². The molecular weight excluding hydrogens is 272 g/mol. The van der Waals surface area contributed by atoms with Crippen molar-refractivity contribution in [2.24, 2.45) is 0 Å². The lowest BCUT2D eigenvalue weighted by Gasteiger charge is -2.08. The third-order valence-electron chi connectivity index (χ3n) is 2.61. The summed E-state index contributed by atoms with van der Waals surface area (Å²) in [5.74, 6) is -0.641. The number of nitrogens with one attached hydrogen (secondary N) is 3. The van der Waals surface area contributed by atoms with Gasteiger partial charge in [0.2, 0.25) is 5.91 Å². The number of amides is 2. The molecule has 2 amide bonds. The van der Waals surface area contributed by atoms with E-state index in [9.17, 15) is 9.59 Å². The molecule has 21 heavy (non-hydrogen) atoms. The predicted molar refractivity (Wildman–Crippen MR) is 80.2 cm³/mol. The number of hydrogen-bond donors (Lipinski definition) is 3. The zero-order valence-corrected chi connectivity index (χ0v) is 12.4. The number of aromatic nitrogens is 1. The van der Waals surface area contributed by atoms with Gasteiger partial charge in [-0.2, -0.15) is 0 Å². The van der Waals surface area contributed by atoms with Gasteiger partial charge in [0, 0.05) is 32.1 Å². The molecule has 1 aromatic rings. The summed E-state index contributed by atoms with van der Waals surface area (Å²) in [5, 5.41) is 8.32. The molecule has 0 aliphatic carbocycles. The zero-order valence-electron chi connectivity index (χ0n) is 12.4. The summed E-state index contributed by atoms with van der Waals surface area (Å²) in [7, 11) is 1.55. The molecular formula is C14H22N4O3. The standard InChI is InChI=1S/C14H22N4O3/c1-3-5-15-11-4-6-16-12(9-11)14(20)18-10-13(19)17-7-8-21-2/h4,6,9H,3,5,7-8,10H2,1-2H3,(H,15,16)(H,17,19)(H,18,20). The predicted octanol–water partition coefficient (Wildman–Crippen LogP) is 0.396. The molecule has 0 unspecified atom stereocenters. The third-order valence-corrected chi connectivity index (χ3v) is 2.61. The smallest absolute Gasteiger partial charge is 0.270 e. The molecule has 0 bridgehead atoms. The summed E-state index contributed by atoms with van der Waals surface area (Å²) in [6, 6.07) is 3.46. The van der Waals surface area contributed by atoms with Gasteiger partial charge in [0.25, 0.3) is 5.91 Å². The van der Waals surface area contributed by atoms with Gasteiger partial charge in [0.05, 0.1) is 13.2 Å². The quantitative estimate of drug-likeness (QED) is 0.573. The fraction of sp³-hybridized carbons (Fsp3) is 0.500. The van der Waals surface area contributed by atoms with Crippen LogP contribution < -0.4 is 16.0 Å². The SMILES string of the molecule is CCCNc1ccnc(C(=O)NCC(=O)NCCOC)c1. The maximum Gasteiger partial charge on any atom is 0.270 e. The van der Waals surface area contributed by atoms with E-state index in [0.717, 1.165) is 18.7 Å². The maximum atomic E-state index is 11.9. The van der Waals surface area contributed by atoms with Gasteiger partial charge in [-0.05, 0) is 18.6 Å². The van der Waals surface area contributed by atoms with Crippen molar-refractivity contribution in [3.63, 3.8) is 0 Å². The summed E-state index contributed by atoms with van der Waals surface area (Å²) in [4.78, 5) is 27.3. The molecule has 0 fully saturated rings. The number of methoxy groups -OCH3 is 1. The first-order chi connectivity index (χ1) is 10.2. The molecule has 1 heterocycles. The number of nitrogens with zero attached hydrogens (tertiary/aromatic N) is 1. The Labute approximate surface area is 124 Å². The van der Waals surface area contributed by atoms with Crippen LogP contribution in [-0.4, -0.2) is 50.1 Å². The molecule has 0 saturated carbocycles. The Kier molecular flexibility index (Phi) is 7.81. The number of rotatable bonds is 9. The Morgan fingerprint density at radius 2 is 2.10 bits per heavy atom. The van der Waals surface area contributed by atoms with E-state index in [1.54, 1.807) is 25.4 Å². The zero-order chi connectivity index (χ0) is 15.5.